The molecule has 7 nitrogen and oxygen atoms in total. The number of para-hydroxylation sites is 1. The van der Waals surface area contributed by atoms with Gasteiger partial charge in [0.15, 0.2) is 0 Å². The second-order valence-electron chi connectivity index (χ2n) is 6.10. The van der Waals surface area contributed by atoms with Gasteiger partial charge in [0, 0.05) is 12.6 Å². The molecule has 0 aromatic heterocycles. The molecule has 128 valence electrons. The van der Waals surface area contributed by atoms with Gasteiger partial charge in [0.25, 0.3) is 0 Å². The van der Waals surface area contributed by atoms with Crippen LogP contribution in [0.2, 0.25) is 0 Å². The number of hydrogen-bond donors (Lipinski definition) is 2. The summed E-state index contributed by atoms with van der Waals surface area (Å²) < 4.78 is 10.9. The van der Waals surface area contributed by atoms with Crippen molar-refractivity contribution in [3.05, 3.63) is 29.8 Å². The zero-order chi connectivity index (χ0) is 17.5. The summed E-state index contributed by atoms with van der Waals surface area (Å²) in [4.78, 5) is 24.7. The monoisotopic (exact) mass is 323 g/mol. The molecule has 2 amide bonds. The van der Waals surface area contributed by atoms with E-state index in [9.17, 15) is 9.59 Å². The highest BCUT2D eigenvalue weighted by Crippen LogP contribution is 2.18. The maximum absolute atomic E-state index is 11.8. The third-order valence-corrected chi connectivity index (χ3v) is 2.87. The SMILES string of the molecule is CN(CCOc1ccccc1CC(=O)NN)C(=O)OC(C)(C)C. The Balaban J connectivity index is 2.52. The van der Waals surface area contributed by atoms with Crippen molar-refractivity contribution in [2.75, 3.05) is 20.2 Å². The van der Waals surface area contributed by atoms with Crippen LogP contribution in [0.3, 0.4) is 0 Å². The molecule has 0 aliphatic heterocycles. The van der Waals surface area contributed by atoms with E-state index in [1.165, 1.54) is 4.90 Å². The molecule has 1 rings (SSSR count). The predicted molar refractivity (Wildman–Crippen MR) is 86.8 cm³/mol. The first kappa shape index (κ1) is 18.8. The lowest BCUT2D eigenvalue weighted by Crippen LogP contribution is -2.36. The fourth-order valence-electron chi connectivity index (χ4n) is 1.74. The average Bonchev–Trinajstić information content (AvgIpc) is 2.46. The highest BCUT2D eigenvalue weighted by atomic mass is 16.6. The van der Waals surface area contributed by atoms with Crippen molar-refractivity contribution in [2.24, 2.45) is 5.84 Å². The normalized spacial score (nSPS) is 10.8. The van der Waals surface area contributed by atoms with Gasteiger partial charge in [0.2, 0.25) is 5.91 Å². The van der Waals surface area contributed by atoms with Crippen molar-refractivity contribution in [3.63, 3.8) is 0 Å². The van der Waals surface area contributed by atoms with Crippen molar-refractivity contribution >= 4 is 12.0 Å². The van der Waals surface area contributed by atoms with E-state index < -0.39 is 11.7 Å². The number of carbonyl (C=O) groups excluding carboxylic acids is 2. The molecule has 0 bridgehead atoms. The standard InChI is InChI=1S/C16H25N3O4/c1-16(2,3)23-15(21)19(4)9-10-22-13-8-6-5-7-12(13)11-14(20)18-17/h5-8H,9-11,17H2,1-4H3,(H,18,20). The molecule has 0 radical (unpaired) electrons. The molecule has 0 saturated heterocycles. The summed E-state index contributed by atoms with van der Waals surface area (Å²) in [5.41, 5.74) is 2.29. The first-order chi connectivity index (χ1) is 10.7. The fraction of sp³-hybridized carbons (Fsp3) is 0.500. The van der Waals surface area contributed by atoms with E-state index in [4.69, 9.17) is 15.3 Å². The van der Waals surface area contributed by atoms with Crippen LogP contribution in [0.1, 0.15) is 26.3 Å². The van der Waals surface area contributed by atoms with Gasteiger partial charge in [-0.1, -0.05) is 18.2 Å². The Morgan fingerprint density at radius 1 is 1.26 bits per heavy atom. The molecular weight excluding hydrogens is 298 g/mol. The third-order valence-electron chi connectivity index (χ3n) is 2.87. The summed E-state index contributed by atoms with van der Waals surface area (Å²) in [5.74, 6) is 5.39. The molecular formula is C16H25N3O4. The Bertz CT molecular complexity index is 540. The highest BCUT2D eigenvalue weighted by Gasteiger charge is 2.19. The smallest absolute Gasteiger partial charge is 0.410 e. The zero-order valence-electron chi connectivity index (χ0n) is 14.1. The summed E-state index contributed by atoms with van der Waals surface area (Å²) in [5, 5.41) is 0. The number of nitrogens with one attached hydrogen (secondary N) is 1. The average molecular weight is 323 g/mol. The van der Waals surface area contributed by atoms with Gasteiger partial charge in [-0.05, 0) is 26.8 Å². The number of carbonyl (C=O) groups is 2. The molecule has 0 aliphatic rings. The van der Waals surface area contributed by atoms with Crippen LogP contribution in [0.15, 0.2) is 24.3 Å². The molecule has 0 spiro atoms. The molecule has 0 atom stereocenters. The number of amides is 2. The summed E-state index contributed by atoms with van der Waals surface area (Å²) in [7, 11) is 1.64. The van der Waals surface area contributed by atoms with Crippen LogP contribution < -0.4 is 16.0 Å². The topological polar surface area (TPSA) is 93.9 Å². The maximum atomic E-state index is 11.8. The lowest BCUT2D eigenvalue weighted by molar-refractivity contribution is -0.120. The van der Waals surface area contributed by atoms with Gasteiger partial charge in [-0.15, -0.1) is 0 Å². The summed E-state index contributed by atoms with van der Waals surface area (Å²) in [6, 6.07) is 7.20. The third kappa shape index (κ3) is 7.01. The van der Waals surface area contributed by atoms with Crippen LogP contribution in [-0.4, -0.2) is 42.7 Å². The van der Waals surface area contributed by atoms with Crippen molar-refractivity contribution in [2.45, 2.75) is 32.8 Å². The molecule has 3 N–H and O–H groups in total. The molecule has 7 heteroatoms. The van der Waals surface area contributed by atoms with Crippen molar-refractivity contribution in [1.82, 2.24) is 10.3 Å². The Kier molecular flexibility index (Phi) is 6.84. The molecule has 0 fully saturated rings. The molecule has 1 aromatic carbocycles. The maximum Gasteiger partial charge on any atom is 0.410 e. The van der Waals surface area contributed by atoms with Gasteiger partial charge in [-0.3, -0.25) is 10.2 Å². The van der Waals surface area contributed by atoms with Crippen LogP contribution >= 0.6 is 0 Å². The van der Waals surface area contributed by atoms with E-state index in [0.29, 0.717) is 12.3 Å². The van der Waals surface area contributed by atoms with Crippen LogP contribution in [0, 0.1) is 0 Å². The van der Waals surface area contributed by atoms with Crippen molar-refractivity contribution in [3.8, 4) is 5.75 Å². The Labute approximate surface area is 136 Å². The van der Waals surface area contributed by atoms with Gasteiger partial charge in [0.05, 0.1) is 13.0 Å². The van der Waals surface area contributed by atoms with Gasteiger partial charge in [-0.25, -0.2) is 10.6 Å². The molecule has 23 heavy (non-hydrogen) atoms. The van der Waals surface area contributed by atoms with Crippen molar-refractivity contribution < 1.29 is 19.1 Å². The molecule has 0 heterocycles. The number of rotatable bonds is 6. The van der Waals surface area contributed by atoms with Crippen molar-refractivity contribution in [1.29, 1.82) is 0 Å². The predicted octanol–water partition coefficient (Wildman–Crippen LogP) is 1.46. The van der Waals surface area contributed by atoms with Crippen LogP contribution in [0.4, 0.5) is 4.79 Å². The number of hydrazine groups is 1. The lowest BCUT2D eigenvalue weighted by Gasteiger charge is -2.24. The fourth-order valence-corrected chi connectivity index (χ4v) is 1.74. The Hall–Kier alpha value is -2.28. The van der Waals surface area contributed by atoms with Crippen LogP contribution in [-0.2, 0) is 16.0 Å². The second kappa shape index (κ2) is 8.38. The quantitative estimate of drug-likeness (QED) is 0.470. The minimum Gasteiger partial charge on any atom is -0.491 e. The van der Waals surface area contributed by atoms with E-state index >= 15 is 0 Å². The van der Waals surface area contributed by atoms with E-state index in [-0.39, 0.29) is 18.9 Å². The van der Waals surface area contributed by atoms with Gasteiger partial charge in [0.1, 0.15) is 18.0 Å². The number of nitrogens with two attached hydrogens (primary N) is 1. The Morgan fingerprint density at radius 2 is 1.91 bits per heavy atom. The molecule has 0 unspecified atom stereocenters. The first-order valence-electron chi connectivity index (χ1n) is 7.37. The van der Waals surface area contributed by atoms with Gasteiger partial charge < -0.3 is 14.4 Å². The summed E-state index contributed by atoms with van der Waals surface area (Å²) in [6.07, 6.45) is -0.272. The van der Waals surface area contributed by atoms with Gasteiger partial charge >= 0.3 is 6.09 Å². The second-order valence-corrected chi connectivity index (χ2v) is 6.10. The molecule has 1 aromatic rings. The number of hydrogen-bond acceptors (Lipinski definition) is 5. The zero-order valence-corrected chi connectivity index (χ0v) is 14.1. The number of benzene rings is 1. The first-order valence-corrected chi connectivity index (χ1v) is 7.37. The molecule has 0 aliphatic carbocycles. The van der Waals surface area contributed by atoms with E-state index in [1.807, 2.05) is 32.9 Å². The number of nitrogens with zero attached hydrogens (tertiary/aromatic N) is 1. The minimum atomic E-state index is -0.533. The lowest BCUT2D eigenvalue weighted by atomic mass is 10.1. The summed E-state index contributed by atoms with van der Waals surface area (Å²) in [6.45, 7) is 6.10. The van der Waals surface area contributed by atoms with E-state index in [0.717, 1.165) is 5.56 Å². The Morgan fingerprint density at radius 3 is 2.52 bits per heavy atom. The number of likely N-dealkylation sites (N-methyl/N-ethyl adjacent to an activating group) is 1. The highest BCUT2D eigenvalue weighted by molar-refractivity contribution is 5.78. The number of ether oxygens (including phenoxy) is 2. The largest absolute Gasteiger partial charge is 0.491 e. The minimum absolute atomic E-state index is 0.134. The van der Waals surface area contributed by atoms with Crippen LogP contribution in [0.25, 0.3) is 0 Å². The van der Waals surface area contributed by atoms with E-state index in [2.05, 4.69) is 5.43 Å². The molecule has 0 saturated carbocycles. The summed E-state index contributed by atoms with van der Waals surface area (Å²) >= 11 is 0. The van der Waals surface area contributed by atoms with Gasteiger partial charge in [-0.2, -0.15) is 0 Å². The van der Waals surface area contributed by atoms with Crippen LogP contribution in [0.5, 0.6) is 5.75 Å². The van der Waals surface area contributed by atoms with E-state index in [1.54, 1.807) is 19.2 Å².